The molecule has 0 radical (unpaired) electrons. The van der Waals surface area contributed by atoms with Crippen LogP contribution >= 0.6 is 0 Å². The zero-order chi connectivity index (χ0) is 20.4. The van der Waals surface area contributed by atoms with E-state index in [1.807, 2.05) is 0 Å². The maximum atomic E-state index is 12.6. The van der Waals surface area contributed by atoms with Gasteiger partial charge in [0.1, 0.15) is 5.60 Å². The highest BCUT2D eigenvalue weighted by Crippen LogP contribution is 2.37. The summed E-state index contributed by atoms with van der Waals surface area (Å²) in [4.78, 5) is 4.23. The summed E-state index contributed by atoms with van der Waals surface area (Å²) in [6.45, 7) is -3.11. The number of nitrogens with two attached hydrogens (primary N) is 2. The van der Waals surface area contributed by atoms with Crippen LogP contribution in [0.1, 0.15) is 19.5 Å². The lowest BCUT2D eigenvalue weighted by molar-refractivity contribution is -0.0690. The molecule has 6 nitrogen and oxygen atoms in total. The molecular weight excluding hydrogens is 370 g/mol. The second-order valence-electron chi connectivity index (χ2n) is 5.99. The Labute approximate surface area is 152 Å². The average Bonchev–Trinajstić information content (AvgIpc) is 2.59. The summed E-state index contributed by atoms with van der Waals surface area (Å²) in [6, 6.07) is 5.00. The van der Waals surface area contributed by atoms with Crippen LogP contribution in [0.5, 0.6) is 11.5 Å². The van der Waals surface area contributed by atoms with E-state index in [-0.39, 0.29) is 16.9 Å². The van der Waals surface area contributed by atoms with E-state index in [0.717, 1.165) is 18.3 Å². The lowest BCUT2D eigenvalue weighted by Gasteiger charge is -2.32. The number of halogens is 4. The maximum absolute atomic E-state index is 12.6. The highest BCUT2D eigenvalue weighted by molar-refractivity contribution is 5.83. The van der Waals surface area contributed by atoms with Crippen molar-refractivity contribution < 1.29 is 32.1 Å². The number of nitrogens with zero attached hydrogens (tertiary/aromatic N) is 1. The number of fused-ring (bicyclic) bond motifs is 1. The van der Waals surface area contributed by atoms with Crippen LogP contribution in [0.25, 0.3) is 10.9 Å². The van der Waals surface area contributed by atoms with E-state index in [9.17, 15) is 22.7 Å². The zero-order valence-electron chi connectivity index (χ0n) is 14.5. The van der Waals surface area contributed by atoms with Crippen molar-refractivity contribution in [2.24, 2.45) is 17.4 Å². The molecule has 1 heterocycles. The zero-order valence-corrected chi connectivity index (χ0v) is 14.5. The molecule has 0 aliphatic carbocycles. The van der Waals surface area contributed by atoms with Crippen molar-refractivity contribution in [2.75, 3.05) is 0 Å². The molecular formula is C17H19F4N3O3. The lowest BCUT2D eigenvalue weighted by Crippen LogP contribution is -2.39. The van der Waals surface area contributed by atoms with Crippen LogP contribution in [0.3, 0.4) is 0 Å². The van der Waals surface area contributed by atoms with Crippen molar-refractivity contribution >= 4 is 10.9 Å². The second-order valence-corrected chi connectivity index (χ2v) is 5.99. The minimum absolute atomic E-state index is 0.0499. The van der Waals surface area contributed by atoms with E-state index in [1.165, 1.54) is 12.1 Å². The third kappa shape index (κ3) is 4.16. The number of ether oxygens (including phenoxy) is 2. The molecule has 0 saturated carbocycles. The molecule has 27 heavy (non-hydrogen) atoms. The highest BCUT2D eigenvalue weighted by atomic mass is 19.3. The normalized spacial score (nSPS) is 14.8. The smallest absolute Gasteiger partial charge is 0.387 e. The quantitative estimate of drug-likeness (QED) is 0.629. The summed E-state index contributed by atoms with van der Waals surface area (Å²) in [5, 5.41) is 11.3. The number of alkyl halides is 4. The molecule has 10 heteroatoms. The van der Waals surface area contributed by atoms with Crippen LogP contribution < -0.4 is 20.9 Å². The Hall–Kier alpha value is -2.75. The Morgan fingerprint density at radius 2 is 1.67 bits per heavy atom. The van der Waals surface area contributed by atoms with Gasteiger partial charge in [0.05, 0.1) is 16.9 Å². The molecule has 0 fully saturated rings. The topological polar surface area (TPSA) is 104 Å². The monoisotopic (exact) mass is 389 g/mol. The average molecular weight is 389 g/mol. The summed E-state index contributed by atoms with van der Waals surface area (Å²) < 4.78 is 58.7. The first kappa shape index (κ1) is 20.6. The third-order valence-corrected chi connectivity index (χ3v) is 4.03. The van der Waals surface area contributed by atoms with Crippen molar-refractivity contribution in [3.05, 3.63) is 41.9 Å². The first-order chi connectivity index (χ1) is 12.6. The van der Waals surface area contributed by atoms with E-state index in [2.05, 4.69) is 14.5 Å². The predicted octanol–water partition coefficient (Wildman–Crippen LogP) is 3.04. The summed E-state index contributed by atoms with van der Waals surface area (Å²) in [6.07, 6.45) is 1.04. The van der Waals surface area contributed by atoms with E-state index < -0.39 is 36.2 Å². The molecule has 0 aliphatic rings. The minimum Gasteiger partial charge on any atom is -0.431 e. The third-order valence-electron chi connectivity index (χ3n) is 4.03. The van der Waals surface area contributed by atoms with E-state index in [1.54, 1.807) is 13.8 Å². The van der Waals surface area contributed by atoms with Gasteiger partial charge in [-0.3, -0.25) is 0 Å². The fourth-order valence-corrected chi connectivity index (χ4v) is 2.62. The van der Waals surface area contributed by atoms with Crippen LogP contribution in [0.4, 0.5) is 17.6 Å². The van der Waals surface area contributed by atoms with Gasteiger partial charge in [0.15, 0.2) is 11.5 Å². The molecule has 148 valence electrons. The van der Waals surface area contributed by atoms with Gasteiger partial charge in [-0.2, -0.15) is 17.6 Å². The number of pyridine rings is 1. The molecule has 0 aliphatic heterocycles. The Bertz CT molecular complexity index is 846. The highest BCUT2D eigenvalue weighted by Gasteiger charge is 2.37. The van der Waals surface area contributed by atoms with Gasteiger partial charge in [0.2, 0.25) is 0 Å². The van der Waals surface area contributed by atoms with E-state index >= 15 is 0 Å². The summed E-state index contributed by atoms with van der Waals surface area (Å²) in [7, 11) is 0. The summed E-state index contributed by atoms with van der Waals surface area (Å²) in [5.74, 6) is -1.61. The van der Waals surface area contributed by atoms with Crippen molar-refractivity contribution in [1.29, 1.82) is 0 Å². The SMILES string of the molecule is CC(C)C(O)(/C(N)=C/N)c1ccc2cc(OC(F)F)c(OC(F)F)cc2n1. The lowest BCUT2D eigenvalue weighted by atomic mass is 9.83. The van der Waals surface area contributed by atoms with Crippen LogP contribution in [-0.2, 0) is 5.60 Å². The molecule has 0 spiro atoms. The van der Waals surface area contributed by atoms with Gasteiger partial charge in [-0.15, -0.1) is 0 Å². The largest absolute Gasteiger partial charge is 0.431 e. The van der Waals surface area contributed by atoms with Gasteiger partial charge < -0.3 is 26.0 Å². The van der Waals surface area contributed by atoms with Gasteiger partial charge in [-0.1, -0.05) is 19.9 Å². The Balaban J connectivity index is 2.65. The summed E-state index contributed by atoms with van der Waals surface area (Å²) in [5.41, 5.74) is 9.69. The van der Waals surface area contributed by atoms with Gasteiger partial charge >= 0.3 is 13.2 Å². The van der Waals surface area contributed by atoms with E-state index in [0.29, 0.717) is 5.39 Å². The fourth-order valence-electron chi connectivity index (χ4n) is 2.62. The Morgan fingerprint density at radius 3 is 2.15 bits per heavy atom. The summed E-state index contributed by atoms with van der Waals surface area (Å²) >= 11 is 0. The van der Waals surface area contributed by atoms with Crippen molar-refractivity contribution in [1.82, 2.24) is 4.98 Å². The van der Waals surface area contributed by atoms with Crippen molar-refractivity contribution in [3.8, 4) is 11.5 Å². The molecule has 1 unspecified atom stereocenters. The second kappa shape index (κ2) is 7.87. The standard InChI is InChI=1S/C17H19F4N3O3/c1-8(2)17(25,13(23)7-22)14-4-3-9-5-11(26-15(18)19)12(27-16(20)21)6-10(9)24-14/h3-8,15-16,25H,22-23H2,1-2H3/b13-7-. The Kier molecular flexibility index (Phi) is 5.99. The van der Waals surface area contributed by atoms with Gasteiger partial charge in [-0.25, -0.2) is 4.98 Å². The first-order valence-corrected chi connectivity index (χ1v) is 7.84. The molecule has 1 aromatic carbocycles. The number of aliphatic hydroxyl groups is 1. The number of hydrogen-bond acceptors (Lipinski definition) is 6. The Morgan fingerprint density at radius 1 is 1.11 bits per heavy atom. The number of hydrogen-bond donors (Lipinski definition) is 3. The molecule has 2 aromatic rings. The molecule has 0 amide bonds. The minimum atomic E-state index is -3.26. The van der Waals surface area contributed by atoms with Gasteiger partial charge in [0.25, 0.3) is 0 Å². The number of rotatable bonds is 7. The molecule has 1 atom stereocenters. The fraction of sp³-hybridized carbons (Fsp3) is 0.353. The van der Waals surface area contributed by atoms with Gasteiger partial charge in [0, 0.05) is 17.7 Å². The van der Waals surface area contributed by atoms with Crippen LogP contribution in [0.2, 0.25) is 0 Å². The predicted molar refractivity (Wildman–Crippen MR) is 90.2 cm³/mol. The van der Waals surface area contributed by atoms with E-state index in [4.69, 9.17) is 11.5 Å². The number of aromatic nitrogens is 1. The molecule has 1 aromatic heterocycles. The van der Waals surface area contributed by atoms with Crippen LogP contribution in [0.15, 0.2) is 36.2 Å². The van der Waals surface area contributed by atoms with Gasteiger partial charge in [-0.05, 0) is 18.1 Å². The molecule has 2 rings (SSSR count). The van der Waals surface area contributed by atoms with Crippen molar-refractivity contribution in [2.45, 2.75) is 32.7 Å². The van der Waals surface area contributed by atoms with Crippen LogP contribution in [-0.4, -0.2) is 23.3 Å². The molecule has 5 N–H and O–H groups in total. The number of benzene rings is 1. The molecule has 0 bridgehead atoms. The molecule has 0 saturated heterocycles. The maximum Gasteiger partial charge on any atom is 0.387 e. The van der Waals surface area contributed by atoms with Crippen LogP contribution in [0, 0.1) is 5.92 Å². The van der Waals surface area contributed by atoms with Crippen molar-refractivity contribution in [3.63, 3.8) is 0 Å². The first-order valence-electron chi connectivity index (χ1n) is 7.84.